The van der Waals surface area contributed by atoms with E-state index < -0.39 is 12.0 Å². The second-order valence-electron chi connectivity index (χ2n) is 1.98. The number of hydrogen-bond donors (Lipinski definition) is 1. The Morgan fingerprint density at radius 1 is 1.80 bits per heavy atom. The number of rotatable bonds is 1. The van der Waals surface area contributed by atoms with Crippen LogP contribution in [0.1, 0.15) is 12.8 Å². The van der Waals surface area contributed by atoms with Crippen molar-refractivity contribution in [3.8, 4) is 0 Å². The average molecular weight is 151 g/mol. The molecule has 1 aliphatic rings. The Balaban J connectivity index is 0.000000810. The summed E-state index contributed by atoms with van der Waals surface area (Å²) in [6.45, 7) is 0. The smallest absolute Gasteiger partial charge is 0.548 e. The van der Waals surface area contributed by atoms with E-state index in [0.717, 1.165) is 0 Å². The van der Waals surface area contributed by atoms with Crippen molar-refractivity contribution in [1.29, 1.82) is 0 Å². The number of aliphatic carboxylic acids is 1. The van der Waals surface area contributed by atoms with Gasteiger partial charge in [0.2, 0.25) is 0 Å². The molecule has 1 atom stereocenters. The van der Waals surface area contributed by atoms with Gasteiger partial charge >= 0.3 is 18.9 Å². The quantitative estimate of drug-likeness (QED) is 0.305. The number of nitrogens with one attached hydrogen (secondary N) is 1. The van der Waals surface area contributed by atoms with E-state index >= 15 is 0 Å². The maximum Gasteiger partial charge on any atom is 1.00 e. The van der Waals surface area contributed by atoms with Gasteiger partial charge in [0.1, 0.15) is 0 Å². The summed E-state index contributed by atoms with van der Waals surface area (Å²) in [7, 11) is 0. The van der Waals surface area contributed by atoms with E-state index in [1.807, 2.05) is 0 Å². The monoisotopic (exact) mass is 151 g/mol. The van der Waals surface area contributed by atoms with Gasteiger partial charge in [0.05, 0.1) is 17.0 Å². The minimum Gasteiger partial charge on any atom is -0.548 e. The van der Waals surface area contributed by atoms with Gasteiger partial charge in [0.25, 0.3) is 0 Å². The van der Waals surface area contributed by atoms with Crippen molar-refractivity contribution in [2.24, 2.45) is 0 Å². The SMILES string of the molecule is O=C([O-])C1CCC(=S)N1.[Li+]. The van der Waals surface area contributed by atoms with Crippen LogP contribution in [-0.2, 0) is 4.79 Å². The number of hydrogen-bond acceptors (Lipinski definition) is 3. The molecule has 0 aliphatic carbocycles. The fraction of sp³-hybridized carbons (Fsp3) is 0.600. The van der Waals surface area contributed by atoms with Crippen LogP contribution in [0.2, 0.25) is 0 Å². The van der Waals surface area contributed by atoms with Gasteiger partial charge in [-0.3, -0.25) is 0 Å². The van der Waals surface area contributed by atoms with Crippen LogP contribution in [0.15, 0.2) is 0 Å². The van der Waals surface area contributed by atoms with Crippen molar-refractivity contribution < 1.29 is 28.8 Å². The number of carboxylic acid groups (broad SMARTS) is 1. The zero-order chi connectivity index (χ0) is 6.85. The van der Waals surface area contributed by atoms with Crippen LogP contribution in [0.5, 0.6) is 0 Å². The van der Waals surface area contributed by atoms with E-state index in [1.54, 1.807) is 0 Å². The van der Waals surface area contributed by atoms with Gasteiger partial charge < -0.3 is 15.2 Å². The molecule has 1 fully saturated rings. The summed E-state index contributed by atoms with van der Waals surface area (Å²) in [5.74, 6) is -1.06. The molecule has 10 heavy (non-hydrogen) atoms. The first kappa shape index (κ1) is 9.96. The molecule has 1 heterocycles. The molecule has 3 nitrogen and oxygen atoms in total. The Morgan fingerprint density at radius 3 is 2.60 bits per heavy atom. The Morgan fingerprint density at radius 2 is 2.40 bits per heavy atom. The first-order valence-corrected chi connectivity index (χ1v) is 3.11. The summed E-state index contributed by atoms with van der Waals surface area (Å²) in [6, 6.07) is -0.544. The van der Waals surface area contributed by atoms with Crippen molar-refractivity contribution in [3.05, 3.63) is 0 Å². The van der Waals surface area contributed by atoms with Crippen molar-refractivity contribution in [1.82, 2.24) is 5.32 Å². The first-order valence-electron chi connectivity index (χ1n) is 2.70. The molecule has 50 valence electrons. The average Bonchev–Trinajstić information content (AvgIpc) is 2.14. The van der Waals surface area contributed by atoms with E-state index in [9.17, 15) is 9.90 Å². The largest absolute Gasteiger partial charge is 1.00 e. The standard InChI is InChI=1S/C5H7NO2S.Li/c7-5(8)3-1-2-4(9)6-3;/h3H,1-2H2,(H,6,9)(H,7,8);/q;+1/p-1. The molecule has 5 heteroatoms. The zero-order valence-electron chi connectivity index (χ0n) is 5.72. The number of carboxylic acids is 1. The summed E-state index contributed by atoms with van der Waals surface area (Å²) >= 11 is 4.71. The van der Waals surface area contributed by atoms with E-state index in [0.29, 0.717) is 17.8 Å². The van der Waals surface area contributed by atoms with Gasteiger partial charge in [0.15, 0.2) is 0 Å². The van der Waals surface area contributed by atoms with Crippen LogP contribution in [0.3, 0.4) is 0 Å². The second kappa shape index (κ2) is 3.97. The van der Waals surface area contributed by atoms with Crippen LogP contribution >= 0.6 is 12.2 Å². The molecule has 0 spiro atoms. The van der Waals surface area contributed by atoms with E-state index in [2.05, 4.69) is 5.32 Å². The van der Waals surface area contributed by atoms with Crippen LogP contribution < -0.4 is 29.3 Å². The zero-order valence-corrected chi connectivity index (χ0v) is 6.53. The van der Waals surface area contributed by atoms with Crippen LogP contribution in [0, 0.1) is 0 Å². The minimum absolute atomic E-state index is 0. The molecule has 1 rings (SSSR count). The fourth-order valence-corrected chi connectivity index (χ4v) is 1.05. The van der Waals surface area contributed by atoms with Crippen molar-refractivity contribution in [2.75, 3.05) is 0 Å². The van der Waals surface area contributed by atoms with Gasteiger partial charge in [-0.05, 0) is 6.42 Å². The molecule has 0 bridgehead atoms. The third-order valence-corrected chi connectivity index (χ3v) is 1.60. The van der Waals surface area contributed by atoms with E-state index in [1.165, 1.54) is 0 Å². The number of carbonyl (C=O) groups is 1. The molecule has 1 unspecified atom stereocenters. The van der Waals surface area contributed by atoms with Crippen molar-refractivity contribution in [2.45, 2.75) is 18.9 Å². The van der Waals surface area contributed by atoms with Crippen molar-refractivity contribution in [3.63, 3.8) is 0 Å². The summed E-state index contributed by atoms with van der Waals surface area (Å²) in [4.78, 5) is 10.7. The Bertz CT molecular complexity index is 162. The molecular weight excluding hydrogens is 145 g/mol. The molecular formula is C5H6LiNO2S. The van der Waals surface area contributed by atoms with Crippen LogP contribution in [-0.4, -0.2) is 17.0 Å². The maximum atomic E-state index is 10.1. The molecule has 0 radical (unpaired) electrons. The third-order valence-electron chi connectivity index (χ3n) is 1.28. The summed E-state index contributed by atoms with van der Waals surface area (Å²) in [5, 5.41) is 12.7. The molecule has 0 aromatic heterocycles. The van der Waals surface area contributed by atoms with Gasteiger partial charge in [0, 0.05) is 6.42 Å². The molecule has 0 aromatic carbocycles. The third kappa shape index (κ3) is 2.29. The molecule has 0 aromatic rings. The Labute approximate surface area is 76.4 Å². The maximum absolute atomic E-state index is 10.1. The fourth-order valence-electron chi connectivity index (χ4n) is 0.791. The Kier molecular flexibility index (Phi) is 3.95. The van der Waals surface area contributed by atoms with E-state index in [4.69, 9.17) is 12.2 Å². The predicted molar refractivity (Wildman–Crippen MR) is 33.8 cm³/mol. The minimum atomic E-state index is -1.06. The van der Waals surface area contributed by atoms with Crippen LogP contribution in [0.4, 0.5) is 0 Å². The molecule has 1 saturated heterocycles. The van der Waals surface area contributed by atoms with E-state index in [-0.39, 0.29) is 18.9 Å². The molecule has 0 amide bonds. The number of thiocarbonyl (C=S) groups is 1. The Hall–Kier alpha value is -0.0426. The number of carbonyl (C=O) groups excluding carboxylic acids is 1. The van der Waals surface area contributed by atoms with Crippen molar-refractivity contribution >= 4 is 23.2 Å². The van der Waals surface area contributed by atoms with Crippen LogP contribution in [0.25, 0.3) is 0 Å². The van der Waals surface area contributed by atoms with Gasteiger partial charge in [-0.2, -0.15) is 0 Å². The van der Waals surface area contributed by atoms with Gasteiger partial charge in [-0.1, -0.05) is 12.2 Å². The topological polar surface area (TPSA) is 52.2 Å². The molecule has 1 aliphatic heterocycles. The van der Waals surface area contributed by atoms with Gasteiger partial charge in [-0.15, -0.1) is 0 Å². The summed E-state index contributed by atoms with van der Waals surface area (Å²) in [5.41, 5.74) is 0. The van der Waals surface area contributed by atoms with Gasteiger partial charge in [-0.25, -0.2) is 0 Å². The second-order valence-corrected chi connectivity index (χ2v) is 2.47. The predicted octanol–water partition coefficient (Wildman–Crippen LogP) is -4.18. The first-order chi connectivity index (χ1) is 4.20. The molecule has 0 saturated carbocycles. The normalized spacial score (nSPS) is 23.2. The summed E-state index contributed by atoms with van der Waals surface area (Å²) in [6.07, 6.45) is 1.25. The molecule has 1 N–H and O–H groups in total. The summed E-state index contributed by atoms with van der Waals surface area (Å²) < 4.78 is 0.